The Labute approximate surface area is 235 Å². The SMILES string of the molecule is N#Cc1ccc2[nH]cc(CN3CCC4(CC3)CN(CCNCc3ccccc3)C(=O)CO4)c2c1.O=C(O)C(F)(F)F. The molecule has 2 aliphatic heterocycles. The van der Waals surface area contributed by atoms with Gasteiger partial charge >= 0.3 is 12.1 Å². The Morgan fingerprint density at radius 1 is 1.17 bits per heavy atom. The molecule has 0 radical (unpaired) electrons. The first-order valence-electron chi connectivity index (χ1n) is 13.3. The van der Waals surface area contributed by atoms with Gasteiger partial charge in [0, 0.05) is 62.9 Å². The molecule has 3 aromatic rings. The molecule has 3 N–H and O–H groups in total. The van der Waals surface area contributed by atoms with Gasteiger partial charge in [-0.2, -0.15) is 18.4 Å². The predicted molar refractivity (Wildman–Crippen MR) is 145 cm³/mol. The van der Waals surface area contributed by atoms with Crippen LogP contribution in [0.3, 0.4) is 0 Å². The van der Waals surface area contributed by atoms with Gasteiger partial charge in [0.2, 0.25) is 5.91 Å². The predicted octanol–water partition coefficient (Wildman–Crippen LogP) is 3.66. The zero-order valence-corrected chi connectivity index (χ0v) is 22.4. The number of amides is 1. The minimum absolute atomic E-state index is 0.0849. The highest BCUT2D eigenvalue weighted by atomic mass is 19.4. The van der Waals surface area contributed by atoms with E-state index in [4.69, 9.17) is 14.6 Å². The molecule has 3 heterocycles. The molecule has 0 saturated carbocycles. The molecular weight excluding hydrogens is 539 g/mol. The van der Waals surface area contributed by atoms with Gasteiger partial charge in [0.05, 0.1) is 17.2 Å². The van der Waals surface area contributed by atoms with Crippen LogP contribution >= 0.6 is 0 Å². The number of aromatic amines is 1. The van der Waals surface area contributed by atoms with E-state index in [1.165, 1.54) is 11.1 Å². The number of H-pyrrole nitrogens is 1. The van der Waals surface area contributed by atoms with E-state index in [-0.39, 0.29) is 18.1 Å². The topological polar surface area (TPSA) is 122 Å². The number of benzene rings is 2. The summed E-state index contributed by atoms with van der Waals surface area (Å²) in [5.41, 5.74) is 3.98. The zero-order valence-electron chi connectivity index (χ0n) is 22.4. The molecule has 0 unspecified atom stereocenters. The summed E-state index contributed by atoms with van der Waals surface area (Å²) in [4.78, 5) is 29.1. The molecule has 41 heavy (non-hydrogen) atoms. The summed E-state index contributed by atoms with van der Waals surface area (Å²) in [6.07, 6.45) is -1.20. The normalized spacial score (nSPS) is 17.2. The molecule has 1 amide bonds. The molecule has 2 saturated heterocycles. The molecule has 2 aromatic carbocycles. The smallest absolute Gasteiger partial charge is 0.475 e. The number of carbonyl (C=O) groups is 2. The van der Waals surface area contributed by atoms with Gasteiger partial charge in [0.15, 0.2) is 0 Å². The summed E-state index contributed by atoms with van der Waals surface area (Å²) < 4.78 is 37.9. The van der Waals surface area contributed by atoms with E-state index in [9.17, 15) is 23.2 Å². The molecule has 12 heteroatoms. The van der Waals surface area contributed by atoms with E-state index >= 15 is 0 Å². The molecule has 2 aliphatic rings. The van der Waals surface area contributed by atoms with Gasteiger partial charge in [0.1, 0.15) is 6.61 Å². The van der Waals surface area contributed by atoms with Crippen molar-refractivity contribution in [2.45, 2.75) is 37.7 Å². The molecule has 2 fully saturated rings. The molecule has 1 aromatic heterocycles. The first-order chi connectivity index (χ1) is 19.6. The van der Waals surface area contributed by atoms with Crippen LogP contribution in [0, 0.1) is 11.3 Å². The number of piperidine rings is 1. The lowest BCUT2D eigenvalue weighted by atomic mass is 9.89. The third-order valence-corrected chi connectivity index (χ3v) is 7.36. The van der Waals surface area contributed by atoms with Gasteiger partial charge in [-0.25, -0.2) is 4.79 Å². The monoisotopic (exact) mass is 571 g/mol. The van der Waals surface area contributed by atoms with Crippen molar-refractivity contribution >= 4 is 22.8 Å². The average Bonchev–Trinajstić information content (AvgIpc) is 3.36. The first kappa shape index (κ1) is 30.0. The van der Waals surface area contributed by atoms with Crippen molar-refractivity contribution in [3.05, 3.63) is 71.4 Å². The number of ether oxygens (including phenoxy) is 1. The lowest BCUT2D eigenvalue weighted by Crippen LogP contribution is -2.59. The van der Waals surface area contributed by atoms with Crippen LogP contribution in [0.1, 0.15) is 29.5 Å². The highest BCUT2D eigenvalue weighted by Gasteiger charge is 2.42. The number of carboxylic acids is 1. The zero-order chi connectivity index (χ0) is 29.5. The van der Waals surface area contributed by atoms with E-state index in [0.717, 1.165) is 56.5 Å². The molecule has 0 atom stereocenters. The lowest BCUT2D eigenvalue weighted by molar-refractivity contribution is -0.192. The third-order valence-electron chi connectivity index (χ3n) is 7.36. The fourth-order valence-corrected chi connectivity index (χ4v) is 5.07. The Hall–Kier alpha value is -3.92. The number of rotatable bonds is 7. The maximum Gasteiger partial charge on any atom is 0.490 e. The van der Waals surface area contributed by atoms with Crippen molar-refractivity contribution in [1.29, 1.82) is 5.26 Å². The fraction of sp³-hybridized carbons (Fsp3) is 0.414. The number of alkyl halides is 3. The third kappa shape index (κ3) is 8.07. The highest BCUT2D eigenvalue weighted by Crippen LogP contribution is 2.32. The van der Waals surface area contributed by atoms with E-state index in [1.807, 2.05) is 41.3 Å². The first-order valence-corrected chi connectivity index (χ1v) is 13.3. The molecule has 1 spiro atoms. The number of fused-ring (bicyclic) bond motifs is 1. The number of nitrogens with one attached hydrogen (secondary N) is 2. The van der Waals surface area contributed by atoms with Crippen LogP contribution in [-0.4, -0.2) is 82.9 Å². The number of aromatic nitrogens is 1. The molecule has 5 rings (SSSR count). The Balaban J connectivity index is 0.000000493. The van der Waals surface area contributed by atoms with Gasteiger partial charge < -0.3 is 25.0 Å². The van der Waals surface area contributed by atoms with E-state index in [1.54, 1.807) is 0 Å². The largest absolute Gasteiger partial charge is 0.490 e. The Kier molecular flexibility index (Phi) is 9.65. The highest BCUT2D eigenvalue weighted by molar-refractivity contribution is 5.84. The Morgan fingerprint density at radius 2 is 1.88 bits per heavy atom. The van der Waals surface area contributed by atoms with Gasteiger partial charge in [-0.1, -0.05) is 30.3 Å². The number of hydrogen-bond acceptors (Lipinski definition) is 6. The summed E-state index contributed by atoms with van der Waals surface area (Å²) >= 11 is 0. The van der Waals surface area contributed by atoms with Crippen molar-refractivity contribution in [1.82, 2.24) is 20.1 Å². The van der Waals surface area contributed by atoms with Gasteiger partial charge in [0.25, 0.3) is 0 Å². The van der Waals surface area contributed by atoms with Crippen LogP contribution in [0.25, 0.3) is 10.9 Å². The quantitative estimate of drug-likeness (QED) is 0.370. The van der Waals surface area contributed by atoms with Gasteiger partial charge in [-0.05, 0) is 42.2 Å². The number of morpholine rings is 1. The summed E-state index contributed by atoms with van der Waals surface area (Å²) in [6.45, 7) is 5.84. The number of carbonyl (C=O) groups excluding carboxylic acids is 1. The Morgan fingerprint density at radius 3 is 2.54 bits per heavy atom. The van der Waals surface area contributed by atoms with Crippen LogP contribution in [-0.2, 0) is 27.4 Å². The number of likely N-dealkylation sites (tertiary alicyclic amines) is 1. The maximum absolute atomic E-state index is 12.5. The van der Waals surface area contributed by atoms with Crippen LogP contribution in [0.5, 0.6) is 0 Å². The van der Waals surface area contributed by atoms with Crippen LogP contribution < -0.4 is 5.32 Å². The summed E-state index contributed by atoms with van der Waals surface area (Å²) in [6, 6.07) is 18.3. The second kappa shape index (κ2) is 13.2. The van der Waals surface area contributed by atoms with Crippen molar-refractivity contribution in [2.24, 2.45) is 0 Å². The van der Waals surface area contributed by atoms with Crippen molar-refractivity contribution in [3.63, 3.8) is 0 Å². The number of halogens is 3. The van der Waals surface area contributed by atoms with E-state index in [0.29, 0.717) is 18.7 Å². The van der Waals surface area contributed by atoms with Crippen LogP contribution in [0.4, 0.5) is 13.2 Å². The second-order valence-corrected chi connectivity index (χ2v) is 10.2. The van der Waals surface area contributed by atoms with Crippen LogP contribution in [0.15, 0.2) is 54.7 Å². The summed E-state index contributed by atoms with van der Waals surface area (Å²) in [7, 11) is 0. The molecular formula is C29H32F3N5O4. The molecule has 0 bridgehead atoms. The van der Waals surface area contributed by atoms with Gasteiger partial charge in [-0.15, -0.1) is 0 Å². The second-order valence-electron chi connectivity index (χ2n) is 10.2. The number of hydrogen-bond donors (Lipinski definition) is 3. The minimum Gasteiger partial charge on any atom is -0.475 e. The maximum atomic E-state index is 12.5. The summed E-state index contributed by atoms with van der Waals surface area (Å²) in [5, 5.41) is 20.9. The fourth-order valence-electron chi connectivity index (χ4n) is 5.07. The number of nitrogens with zero attached hydrogens (tertiary/aromatic N) is 3. The standard InChI is InChI=1S/C27H31N5O2.C2HF3O2/c28-15-22-6-7-25-24(14-22)23(17-30-25)18-31-11-8-27(9-12-31)20-32(26(33)19-34-27)13-10-29-16-21-4-2-1-3-5-21;3-2(4,5)1(6)7/h1-7,14,17,29-30H,8-13,16,18-20H2;(H,6,7). The van der Waals surface area contributed by atoms with Crippen molar-refractivity contribution in [2.75, 3.05) is 39.3 Å². The van der Waals surface area contributed by atoms with E-state index in [2.05, 4.69) is 39.6 Å². The molecule has 0 aliphatic carbocycles. The minimum atomic E-state index is -5.08. The summed E-state index contributed by atoms with van der Waals surface area (Å²) in [5.74, 6) is -2.67. The number of nitriles is 1. The van der Waals surface area contributed by atoms with E-state index < -0.39 is 12.1 Å². The van der Waals surface area contributed by atoms with Gasteiger partial charge in [-0.3, -0.25) is 9.69 Å². The number of aliphatic carboxylic acids is 1. The average molecular weight is 572 g/mol. The molecule has 218 valence electrons. The van der Waals surface area contributed by atoms with Crippen LogP contribution in [0.2, 0.25) is 0 Å². The molecule has 9 nitrogen and oxygen atoms in total. The van der Waals surface area contributed by atoms with Crippen molar-refractivity contribution < 1.29 is 32.6 Å². The Bertz CT molecular complexity index is 1380. The lowest BCUT2D eigenvalue weighted by Gasteiger charge is -2.47. The van der Waals surface area contributed by atoms with Crippen molar-refractivity contribution in [3.8, 4) is 6.07 Å². The number of carboxylic acid groups (broad SMARTS) is 1.